The summed E-state index contributed by atoms with van der Waals surface area (Å²) in [6, 6.07) is 7.80. The zero-order valence-corrected chi connectivity index (χ0v) is 13.3. The summed E-state index contributed by atoms with van der Waals surface area (Å²) in [5.74, 6) is -0.000495. The molecule has 22 heavy (non-hydrogen) atoms. The quantitative estimate of drug-likeness (QED) is 0.887. The molecule has 1 unspecified atom stereocenters. The van der Waals surface area contributed by atoms with Crippen molar-refractivity contribution in [3.05, 3.63) is 59.7 Å². The first kappa shape index (κ1) is 16.1. The fourth-order valence-corrected chi connectivity index (χ4v) is 2.21. The number of amides is 1. The number of rotatable bonds is 6. The Kier molecular flexibility index (Phi) is 5.61. The molecule has 0 spiro atoms. The van der Waals surface area contributed by atoms with Crippen LogP contribution in [0.3, 0.4) is 0 Å². The third-order valence-electron chi connectivity index (χ3n) is 3.40. The van der Waals surface area contributed by atoms with Crippen LogP contribution in [-0.4, -0.2) is 34.4 Å². The normalized spacial score (nSPS) is 12.2. The Morgan fingerprint density at radius 1 is 1.32 bits per heavy atom. The molecule has 5 nitrogen and oxygen atoms in total. The highest BCUT2D eigenvalue weighted by atomic mass is 16.2. The van der Waals surface area contributed by atoms with Gasteiger partial charge in [0, 0.05) is 30.8 Å². The lowest BCUT2D eigenvalue weighted by molar-refractivity contribution is -0.122. The van der Waals surface area contributed by atoms with Gasteiger partial charge in [-0.15, -0.1) is 0 Å². The summed E-state index contributed by atoms with van der Waals surface area (Å²) in [4.78, 5) is 22.4. The second kappa shape index (κ2) is 7.66. The van der Waals surface area contributed by atoms with Crippen LogP contribution in [-0.2, 0) is 11.3 Å². The summed E-state index contributed by atoms with van der Waals surface area (Å²) in [5.41, 5.74) is 3.07. The average molecular weight is 298 g/mol. The Morgan fingerprint density at radius 3 is 2.77 bits per heavy atom. The lowest BCUT2D eigenvalue weighted by Crippen LogP contribution is -2.36. The largest absolute Gasteiger partial charge is 0.348 e. The molecular formula is C17H22N4O. The molecule has 2 rings (SSSR count). The Morgan fingerprint density at radius 2 is 2.14 bits per heavy atom. The highest BCUT2D eigenvalue weighted by Gasteiger charge is 2.12. The van der Waals surface area contributed by atoms with E-state index in [2.05, 4.69) is 15.3 Å². The molecule has 2 aromatic rings. The van der Waals surface area contributed by atoms with Gasteiger partial charge >= 0.3 is 0 Å². The first-order valence-electron chi connectivity index (χ1n) is 7.34. The highest BCUT2D eigenvalue weighted by Crippen LogP contribution is 2.11. The van der Waals surface area contributed by atoms with Crippen LogP contribution < -0.4 is 5.32 Å². The second-order valence-electron chi connectivity index (χ2n) is 5.56. The minimum Gasteiger partial charge on any atom is -0.348 e. The van der Waals surface area contributed by atoms with Crippen molar-refractivity contribution in [3.8, 4) is 0 Å². The van der Waals surface area contributed by atoms with Crippen LogP contribution in [0.5, 0.6) is 0 Å². The maximum Gasteiger partial charge on any atom is 0.234 e. The molecule has 0 bridgehead atoms. The van der Waals surface area contributed by atoms with E-state index in [1.807, 2.05) is 56.3 Å². The smallest absolute Gasteiger partial charge is 0.234 e. The number of carbonyl (C=O) groups excluding carboxylic acids is 1. The van der Waals surface area contributed by atoms with Crippen molar-refractivity contribution in [2.75, 3.05) is 13.6 Å². The lowest BCUT2D eigenvalue weighted by atomic mass is 10.1. The summed E-state index contributed by atoms with van der Waals surface area (Å²) in [7, 11) is 1.92. The van der Waals surface area contributed by atoms with E-state index in [-0.39, 0.29) is 11.9 Å². The highest BCUT2D eigenvalue weighted by molar-refractivity contribution is 5.78. The Balaban J connectivity index is 1.83. The van der Waals surface area contributed by atoms with Crippen LogP contribution in [0.25, 0.3) is 0 Å². The van der Waals surface area contributed by atoms with E-state index in [0.717, 1.165) is 16.8 Å². The molecule has 5 heteroatoms. The summed E-state index contributed by atoms with van der Waals surface area (Å²) in [5, 5.41) is 3.00. The lowest BCUT2D eigenvalue weighted by Gasteiger charge is -2.19. The molecule has 0 aromatic carbocycles. The van der Waals surface area contributed by atoms with E-state index >= 15 is 0 Å². The number of aryl methyl sites for hydroxylation is 1. The molecule has 2 heterocycles. The van der Waals surface area contributed by atoms with Gasteiger partial charge in [-0.3, -0.25) is 19.7 Å². The Hall–Kier alpha value is -2.27. The first-order chi connectivity index (χ1) is 10.5. The maximum atomic E-state index is 12.1. The van der Waals surface area contributed by atoms with E-state index < -0.39 is 0 Å². The zero-order chi connectivity index (χ0) is 15.9. The third kappa shape index (κ3) is 4.93. The van der Waals surface area contributed by atoms with Gasteiger partial charge < -0.3 is 5.32 Å². The van der Waals surface area contributed by atoms with Gasteiger partial charge in [-0.2, -0.15) is 0 Å². The molecule has 0 fully saturated rings. The van der Waals surface area contributed by atoms with Gasteiger partial charge in [-0.05, 0) is 44.2 Å². The number of hydrogen-bond donors (Lipinski definition) is 1. The molecule has 116 valence electrons. The molecule has 0 aliphatic rings. The van der Waals surface area contributed by atoms with Crippen molar-refractivity contribution in [3.63, 3.8) is 0 Å². The topological polar surface area (TPSA) is 58.1 Å². The van der Waals surface area contributed by atoms with Crippen molar-refractivity contribution in [2.45, 2.75) is 26.4 Å². The number of nitrogens with zero attached hydrogens (tertiary/aromatic N) is 3. The molecule has 2 aromatic heterocycles. The van der Waals surface area contributed by atoms with Crippen molar-refractivity contribution in [1.29, 1.82) is 0 Å². The van der Waals surface area contributed by atoms with Crippen molar-refractivity contribution in [2.24, 2.45) is 0 Å². The molecule has 0 saturated heterocycles. The van der Waals surface area contributed by atoms with E-state index in [1.54, 1.807) is 12.4 Å². The molecular weight excluding hydrogens is 276 g/mol. The van der Waals surface area contributed by atoms with Crippen LogP contribution in [0.2, 0.25) is 0 Å². The van der Waals surface area contributed by atoms with Gasteiger partial charge in [0.25, 0.3) is 0 Å². The minimum atomic E-state index is -0.0487. The third-order valence-corrected chi connectivity index (χ3v) is 3.40. The number of hydrogen-bond acceptors (Lipinski definition) is 4. The Labute approximate surface area is 131 Å². The van der Waals surface area contributed by atoms with Crippen LogP contribution >= 0.6 is 0 Å². The number of pyridine rings is 2. The van der Waals surface area contributed by atoms with Crippen molar-refractivity contribution < 1.29 is 4.79 Å². The first-order valence-corrected chi connectivity index (χ1v) is 7.34. The van der Waals surface area contributed by atoms with Gasteiger partial charge in [0.05, 0.1) is 12.6 Å². The van der Waals surface area contributed by atoms with Crippen LogP contribution in [0.15, 0.2) is 42.9 Å². The fraction of sp³-hybridized carbons (Fsp3) is 0.353. The van der Waals surface area contributed by atoms with Gasteiger partial charge in [0.15, 0.2) is 0 Å². The minimum absolute atomic E-state index is 0.000495. The molecule has 0 aliphatic heterocycles. The fourth-order valence-electron chi connectivity index (χ4n) is 2.21. The SMILES string of the molecule is Cc1ccc(C(C)NC(=O)CN(C)Cc2cccnc2)cn1. The molecule has 1 N–H and O–H groups in total. The molecule has 0 aliphatic carbocycles. The van der Waals surface area contributed by atoms with Crippen molar-refractivity contribution >= 4 is 5.91 Å². The Bertz CT molecular complexity index is 598. The van der Waals surface area contributed by atoms with E-state index in [4.69, 9.17) is 0 Å². The number of nitrogens with one attached hydrogen (secondary N) is 1. The molecule has 0 radical (unpaired) electrons. The molecule has 1 amide bonds. The molecule has 1 atom stereocenters. The predicted molar refractivity (Wildman–Crippen MR) is 86.1 cm³/mol. The van der Waals surface area contributed by atoms with Gasteiger partial charge in [-0.25, -0.2) is 0 Å². The predicted octanol–water partition coefficient (Wildman–Crippen LogP) is 2.09. The number of aromatic nitrogens is 2. The average Bonchev–Trinajstić information content (AvgIpc) is 2.48. The standard InChI is InChI=1S/C17H22N4O/c1-13-6-7-16(10-19-13)14(2)20-17(22)12-21(3)11-15-5-4-8-18-9-15/h4-10,14H,11-12H2,1-3H3,(H,20,22). The van der Waals surface area contributed by atoms with Crippen molar-refractivity contribution in [1.82, 2.24) is 20.2 Å². The number of likely N-dealkylation sites (N-methyl/N-ethyl adjacent to an activating group) is 1. The maximum absolute atomic E-state index is 12.1. The summed E-state index contributed by atoms with van der Waals surface area (Å²) < 4.78 is 0. The van der Waals surface area contributed by atoms with Gasteiger partial charge in [0.1, 0.15) is 0 Å². The van der Waals surface area contributed by atoms with Gasteiger partial charge in [-0.1, -0.05) is 12.1 Å². The van der Waals surface area contributed by atoms with Crippen LogP contribution in [0, 0.1) is 6.92 Å². The van der Waals surface area contributed by atoms with E-state index in [9.17, 15) is 4.79 Å². The summed E-state index contributed by atoms with van der Waals surface area (Å²) in [6.07, 6.45) is 5.36. The summed E-state index contributed by atoms with van der Waals surface area (Å²) >= 11 is 0. The molecule has 0 saturated carbocycles. The summed E-state index contributed by atoms with van der Waals surface area (Å²) in [6.45, 7) is 4.95. The van der Waals surface area contributed by atoms with E-state index in [1.165, 1.54) is 0 Å². The van der Waals surface area contributed by atoms with Gasteiger partial charge in [0.2, 0.25) is 5.91 Å². The monoisotopic (exact) mass is 298 g/mol. The van der Waals surface area contributed by atoms with E-state index in [0.29, 0.717) is 13.1 Å². The second-order valence-corrected chi connectivity index (χ2v) is 5.56. The zero-order valence-electron chi connectivity index (χ0n) is 13.3. The van der Waals surface area contributed by atoms with Crippen LogP contribution in [0.4, 0.5) is 0 Å². The number of carbonyl (C=O) groups is 1. The van der Waals surface area contributed by atoms with Crippen LogP contribution in [0.1, 0.15) is 29.8 Å².